The van der Waals surface area contributed by atoms with Crippen molar-refractivity contribution >= 4 is 11.9 Å². The van der Waals surface area contributed by atoms with Crippen molar-refractivity contribution in [2.24, 2.45) is 5.73 Å². The van der Waals surface area contributed by atoms with Crippen LogP contribution in [0.5, 0.6) is 0 Å². The molecule has 0 radical (unpaired) electrons. The zero-order valence-electron chi connectivity index (χ0n) is 12.3. The quantitative estimate of drug-likeness (QED) is 0.670. The number of carbonyl (C=O) groups excluding carboxylic acids is 1. The zero-order valence-corrected chi connectivity index (χ0v) is 12.3. The molecule has 1 rings (SSSR count). The molecule has 0 unspecified atom stereocenters. The molecule has 114 valence electrons. The van der Waals surface area contributed by atoms with Crippen molar-refractivity contribution in [2.45, 2.75) is 64.3 Å². The molecule has 3 atom stereocenters. The van der Waals surface area contributed by atoms with E-state index in [1.165, 1.54) is 6.92 Å². The van der Waals surface area contributed by atoms with Crippen molar-refractivity contribution in [1.82, 2.24) is 5.32 Å². The minimum absolute atomic E-state index is 0.0212. The van der Waals surface area contributed by atoms with Crippen LogP contribution in [0.1, 0.15) is 40.0 Å². The van der Waals surface area contributed by atoms with Gasteiger partial charge in [-0.25, -0.2) is 4.79 Å². The van der Waals surface area contributed by atoms with Gasteiger partial charge in [0.15, 0.2) is 0 Å². The van der Waals surface area contributed by atoms with Gasteiger partial charge in [0.05, 0.1) is 18.2 Å². The van der Waals surface area contributed by atoms with Crippen LogP contribution in [0.2, 0.25) is 0 Å². The fourth-order valence-electron chi connectivity index (χ4n) is 2.40. The van der Waals surface area contributed by atoms with E-state index in [4.69, 9.17) is 15.6 Å². The molecule has 0 spiro atoms. The third-order valence-electron chi connectivity index (χ3n) is 3.54. The molecular formula is C14H24N2O4. The Bertz CT molecular complexity index is 391. The lowest BCUT2D eigenvalue weighted by molar-refractivity contribution is -0.133. The van der Waals surface area contributed by atoms with Crippen LogP contribution in [0.15, 0.2) is 11.6 Å². The summed E-state index contributed by atoms with van der Waals surface area (Å²) in [5.74, 6) is -1.18. The highest BCUT2D eigenvalue weighted by Crippen LogP contribution is 2.23. The summed E-state index contributed by atoms with van der Waals surface area (Å²) in [6.45, 7) is 5.43. The van der Waals surface area contributed by atoms with Crippen molar-refractivity contribution in [3.05, 3.63) is 11.6 Å². The summed E-state index contributed by atoms with van der Waals surface area (Å²) >= 11 is 0. The average Bonchev–Trinajstić information content (AvgIpc) is 2.38. The lowest BCUT2D eigenvalue weighted by Crippen LogP contribution is -2.57. The van der Waals surface area contributed by atoms with Gasteiger partial charge in [0.1, 0.15) is 0 Å². The van der Waals surface area contributed by atoms with Gasteiger partial charge >= 0.3 is 5.97 Å². The van der Waals surface area contributed by atoms with Gasteiger partial charge in [0, 0.05) is 18.5 Å². The molecule has 0 aromatic carbocycles. The Morgan fingerprint density at radius 1 is 1.50 bits per heavy atom. The van der Waals surface area contributed by atoms with Gasteiger partial charge in [0.2, 0.25) is 5.91 Å². The SMILES string of the molecule is CCC(CC)O[C@H]1C=C(C(=O)O)C[C@@H](N)[C@@H]1NC(C)=O. The van der Waals surface area contributed by atoms with Crippen LogP contribution in [-0.2, 0) is 14.3 Å². The van der Waals surface area contributed by atoms with Crippen LogP contribution in [0, 0.1) is 0 Å². The molecule has 0 aromatic rings. The summed E-state index contributed by atoms with van der Waals surface area (Å²) in [6, 6.07) is -0.856. The van der Waals surface area contributed by atoms with Crippen LogP contribution in [0.3, 0.4) is 0 Å². The van der Waals surface area contributed by atoms with E-state index in [1.54, 1.807) is 6.08 Å². The maximum Gasteiger partial charge on any atom is 0.331 e. The Labute approximate surface area is 119 Å². The first kappa shape index (κ1) is 16.7. The van der Waals surface area contributed by atoms with Gasteiger partial charge in [-0.05, 0) is 25.3 Å². The number of amides is 1. The minimum atomic E-state index is -0.986. The molecule has 1 aliphatic rings. The van der Waals surface area contributed by atoms with Gasteiger partial charge in [-0.2, -0.15) is 0 Å². The van der Waals surface area contributed by atoms with Gasteiger partial charge < -0.3 is 20.9 Å². The second-order valence-corrected chi connectivity index (χ2v) is 5.13. The van der Waals surface area contributed by atoms with E-state index < -0.39 is 24.2 Å². The fraction of sp³-hybridized carbons (Fsp3) is 0.714. The van der Waals surface area contributed by atoms with E-state index in [0.29, 0.717) is 0 Å². The molecular weight excluding hydrogens is 260 g/mol. The summed E-state index contributed by atoms with van der Waals surface area (Å²) < 4.78 is 5.92. The van der Waals surface area contributed by atoms with Crippen molar-refractivity contribution in [2.75, 3.05) is 0 Å². The van der Waals surface area contributed by atoms with Gasteiger partial charge in [0.25, 0.3) is 0 Å². The summed E-state index contributed by atoms with van der Waals surface area (Å²) in [7, 11) is 0. The smallest absolute Gasteiger partial charge is 0.331 e. The highest BCUT2D eigenvalue weighted by molar-refractivity contribution is 5.87. The standard InChI is InChI=1S/C14H24N2O4/c1-4-10(5-2)20-12-7-9(14(18)19)6-11(15)13(12)16-8(3)17/h7,10-13H,4-6,15H2,1-3H3,(H,16,17)(H,18,19)/t11-,12+,13+/m1/s1. The number of carboxylic acid groups (broad SMARTS) is 1. The number of nitrogens with two attached hydrogens (primary N) is 1. The van der Waals surface area contributed by atoms with Crippen molar-refractivity contribution in [3.8, 4) is 0 Å². The van der Waals surface area contributed by atoms with Crippen LogP contribution in [-0.4, -0.2) is 41.3 Å². The number of rotatable bonds is 6. The predicted molar refractivity (Wildman–Crippen MR) is 75.2 cm³/mol. The molecule has 4 N–H and O–H groups in total. The number of ether oxygens (including phenoxy) is 1. The lowest BCUT2D eigenvalue weighted by Gasteiger charge is -2.36. The lowest BCUT2D eigenvalue weighted by atomic mass is 9.88. The summed E-state index contributed by atoms with van der Waals surface area (Å²) in [5.41, 5.74) is 6.25. The molecule has 6 heteroatoms. The van der Waals surface area contributed by atoms with E-state index >= 15 is 0 Å². The molecule has 6 nitrogen and oxygen atoms in total. The van der Waals surface area contributed by atoms with Gasteiger partial charge in [-0.15, -0.1) is 0 Å². The van der Waals surface area contributed by atoms with Crippen LogP contribution in [0.4, 0.5) is 0 Å². The normalized spacial score (nSPS) is 26.2. The Hall–Kier alpha value is -1.40. The number of hydrogen-bond acceptors (Lipinski definition) is 4. The Kier molecular flexibility index (Phi) is 6.16. The van der Waals surface area contributed by atoms with Gasteiger partial charge in [-0.1, -0.05) is 13.8 Å². The second kappa shape index (κ2) is 7.40. The van der Waals surface area contributed by atoms with E-state index in [9.17, 15) is 9.59 Å². The Balaban J connectivity index is 2.96. The molecule has 0 saturated heterocycles. The third-order valence-corrected chi connectivity index (χ3v) is 3.54. The van der Waals surface area contributed by atoms with E-state index in [-0.39, 0.29) is 24.0 Å². The number of carboxylic acids is 1. The van der Waals surface area contributed by atoms with Crippen molar-refractivity contribution in [3.63, 3.8) is 0 Å². The molecule has 0 aromatic heterocycles. The minimum Gasteiger partial charge on any atom is -0.478 e. The first-order chi connectivity index (χ1) is 9.38. The first-order valence-corrected chi connectivity index (χ1v) is 7.01. The average molecular weight is 284 g/mol. The summed E-state index contributed by atoms with van der Waals surface area (Å²) in [4.78, 5) is 22.4. The van der Waals surface area contributed by atoms with Crippen LogP contribution < -0.4 is 11.1 Å². The molecule has 0 aliphatic heterocycles. The molecule has 0 saturated carbocycles. The highest BCUT2D eigenvalue weighted by Gasteiger charge is 2.35. The molecule has 1 aliphatic carbocycles. The third kappa shape index (κ3) is 4.31. The number of carbonyl (C=O) groups is 2. The van der Waals surface area contributed by atoms with E-state index in [2.05, 4.69) is 5.32 Å². The monoisotopic (exact) mass is 284 g/mol. The van der Waals surface area contributed by atoms with E-state index in [1.807, 2.05) is 13.8 Å². The number of nitrogens with one attached hydrogen (secondary N) is 1. The molecule has 1 amide bonds. The zero-order chi connectivity index (χ0) is 15.3. The maximum absolute atomic E-state index is 11.3. The van der Waals surface area contributed by atoms with Crippen LogP contribution >= 0.6 is 0 Å². The second-order valence-electron chi connectivity index (χ2n) is 5.13. The largest absolute Gasteiger partial charge is 0.478 e. The number of aliphatic carboxylic acids is 1. The summed E-state index contributed by atoms with van der Waals surface area (Å²) in [5, 5.41) is 11.9. The van der Waals surface area contributed by atoms with Crippen molar-refractivity contribution < 1.29 is 19.4 Å². The summed E-state index contributed by atoms with van der Waals surface area (Å²) in [6.07, 6.45) is 2.97. The molecule has 0 bridgehead atoms. The fourth-order valence-corrected chi connectivity index (χ4v) is 2.40. The Morgan fingerprint density at radius 2 is 2.10 bits per heavy atom. The van der Waals surface area contributed by atoms with Crippen molar-refractivity contribution in [1.29, 1.82) is 0 Å². The highest BCUT2D eigenvalue weighted by atomic mass is 16.5. The molecule has 0 fully saturated rings. The number of hydrogen-bond donors (Lipinski definition) is 3. The Morgan fingerprint density at radius 3 is 2.55 bits per heavy atom. The van der Waals surface area contributed by atoms with E-state index in [0.717, 1.165) is 12.8 Å². The first-order valence-electron chi connectivity index (χ1n) is 7.01. The maximum atomic E-state index is 11.3. The molecule has 20 heavy (non-hydrogen) atoms. The van der Waals surface area contributed by atoms with Gasteiger partial charge in [-0.3, -0.25) is 4.79 Å². The molecule has 0 heterocycles. The topological polar surface area (TPSA) is 102 Å². The van der Waals surface area contributed by atoms with Crippen LogP contribution in [0.25, 0.3) is 0 Å². The predicted octanol–water partition coefficient (Wildman–Crippen LogP) is 0.807.